The highest BCUT2D eigenvalue weighted by molar-refractivity contribution is 7.99. The minimum Gasteiger partial charge on any atom is -0.504 e. The van der Waals surface area contributed by atoms with Gasteiger partial charge in [-0.05, 0) is 100 Å². The summed E-state index contributed by atoms with van der Waals surface area (Å²) in [6.45, 7) is 15.0. The van der Waals surface area contributed by atoms with Gasteiger partial charge in [-0.15, -0.1) is 11.8 Å². The molecule has 0 saturated carbocycles. The highest BCUT2D eigenvalue weighted by Gasteiger charge is 2.60. The van der Waals surface area contributed by atoms with Crippen LogP contribution >= 0.6 is 11.8 Å². The lowest BCUT2D eigenvalue weighted by atomic mass is 9.71. The number of fused-ring (bicyclic) bond motifs is 12. The number of aromatic nitrogens is 1. The molecule has 62 heavy (non-hydrogen) atoms. The van der Waals surface area contributed by atoms with E-state index in [2.05, 4.69) is 90.1 Å². The lowest BCUT2D eigenvalue weighted by molar-refractivity contribution is -0.134. The minimum atomic E-state index is -0.644. The number of aromatic hydroxyl groups is 1. The monoisotopic (exact) mass is 862 g/mol. The van der Waals surface area contributed by atoms with E-state index in [1.165, 1.54) is 5.56 Å². The number of benzene rings is 3. The molecule has 15 heteroatoms. The van der Waals surface area contributed by atoms with E-state index in [0.717, 1.165) is 61.1 Å². The number of rotatable bonds is 11. The molecule has 4 N–H and O–H groups in total. The number of phenols is 1. The Morgan fingerprint density at radius 2 is 1.94 bits per heavy atom. The SMILES string of the molecule is C=CCOC(=O)NC[C@@H]1Cc2c([nH]c3ccc(C)cc23)[C@@](C)(CS[C@@H]2c3c(C)c(C)c4c(c3[C@H](COC=O)N3[C@@H]2[C@H]2c5c(cc(C)c(OC)c5O)C[C@@H]([C@@H]3C#N)N2C)OCO4)N1. The number of alkyl carbamates (subject to hydrolysis) is 1. The summed E-state index contributed by atoms with van der Waals surface area (Å²) in [7, 11) is 3.63. The van der Waals surface area contributed by atoms with Crippen molar-refractivity contribution in [2.45, 2.75) is 94.5 Å². The van der Waals surface area contributed by atoms with Crippen LogP contribution in [0.4, 0.5) is 4.79 Å². The molecule has 1 fully saturated rings. The van der Waals surface area contributed by atoms with E-state index in [-0.39, 0.29) is 43.1 Å². The number of hydrogen-bond acceptors (Lipinski definition) is 13. The maximum Gasteiger partial charge on any atom is 0.407 e. The summed E-state index contributed by atoms with van der Waals surface area (Å²) in [5, 5.41) is 31.2. The predicted molar refractivity (Wildman–Crippen MR) is 235 cm³/mol. The number of hydrogen-bond donors (Lipinski definition) is 4. The van der Waals surface area contributed by atoms with Crippen LogP contribution in [0.15, 0.2) is 36.9 Å². The number of nitriles is 1. The van der Waals surface area contributed by atoms with Crippen molar-refractivity contribution in [3.8, 4) is 29.1 Å². The van der Waals surface area contributed by atoms with Gasteiger partial charge in [0.1, 0.15) is 19.3 Å². The number of phenolic OH excluding ortho intramolecular Hbond substituents is 1. The third-order valence-electron chi connectivity index (χ3n) is 14.0. The molecule has 0 spiro atoms. The quantitative estimate of drug-likeness (QED) is 0.0972. The fourth-order valence-corrected chi connectivity index (χ4v) is 13.0. The Balaban J connectivity index is 1.22. The fraction of sp³-hybridized carbons (Fsp3) is 0.468. The first kappa shape index (κ1) is 41.9. The first-order valence-electron chi connectivity index (χ1n) is 21.1. The number of ether oxygens (including phenoxy) is 5. The van der Waals surface area contributed by atoms with Crippen LogP contribution in [0.1, 0.15) is 80.0 Å². The number of carbonyl (C=O) groups excluding carboxylic acids is 2. The molecule has 14 nitrogen and oxygen atoms in total. The number of aromatic amines is 1. The molecule has 3 aromatic carbocycles. The Morgan fingerprint density at radius 3 is 2.68 bits per heavy atom. The molecule has 1 amide bonds. The van der Waals surface area contributed by atoms with Crippen LogP contribution in [0.3, 0.4) is 0 Å². The molecule has 5 aliphatic rings. The van der Waals surface area contributed by atoms with Gasteiger partial charge in [-0.2, -0.15) is 5.26 Å². The molecular formula is C47H54N6O8S. The molecule has 0 aliphatic carbocycles. The summed E-state index contributed by atoms with van der Waals surface area (Å²) in [4.78, 5) is 33.0. The number of piperazine rings is 1. The number of H-pyrrole nitrogens is 1. The summed E-state index contributed by atoms with van der Waals surface area (Å²) in [5.74, 6) is 2.36. The predicted octanol–water partition coefficient (Wildman–Crippen LogP) is 6.36. The summed E-state index contributed by atoms with van der Waals surface area (Å²) >= 11 is 1.79. The number of amides is 1. The normalized spacial score (nSPS) is 27.0. The second-order valence-corrected chi connectivity index (χ2v) is 18.7. The summed E-state index contributed by atoms with van der Waals surface area (Å²) in [6.07, 6.45) is 2.24. The molecule has 4 aromatic rings. The van der Waals surface area contributed by atoms with E-state index >= 15 is 0 Å². The Hall–Kier alpha value is -5.40. The molecule has 5 aliphatic heterocycles. The molecule has 8 atom stereocenters. The number of likely N-dealkylation sites (N-methyl/N-ethyl adjacent to an activating group) is 1. The Kier molecular flexibility index (Phi) is 10.9. The average Bonchev–Trinajstić information content (AvgIpc) is 3.89. The van der Waals surface area contributed by atoms with Gasteiger partial charge in [-0.25, -0.2) is 4.79 Å². The maximum absolute atomic E-state index is 12.7. The van der Waals surface area contributed by atoms with Crippen molar-refractivity contribution in [2.24, 2.45) is 0 Å². The molecule has 1 aromatic heterocycles. The highest BCUT2D eigenvalue weighted by atomic mass is 32.2. The Labute approximate surface area is 365 Å². The molecule has 1 saturated heterocycles. The van der Waals surface area contributed by atoms with Crippen LogP contribution in [0.5, 0.6) is 23.0 Å². The van der Waals surface area contributed by atoms with Crippen molar-refractivity contribution in [2.75, 3.05) is 46.5 Å². The third-order valence-corrected chi connectivity index (χ3v) is 15.6. The number of nitrogens with zero attached hydrogens (tertiary/aromatic N) is 3. The first-order valence-corrected chi connectivity index (χ1v) is 22.2. The molecular weight excluding hydrogens is 809 g/mol. The van der Waals surface area contributed by atoms with Gasteiger partial charge in [0.05, 0.1) is 30.8 Å². The maximum atomic E-state index is 12.7. The van der Waals surface area contributed by atoms with E-state index in [9.17, 15) is 20.0 Å². The van der Waals surface area contributed by atoms with Gasteiger partial charge in [0, 0.05) is 63.4 Å². The van der Waals surface area contributed by atoms with Crippen molar-refractivity contribution >= 4 is 35.2 Å². The van der Waals surface area contributed by atoms with Gasteiger partial charge < -0.3 is 44.4 Å². The van der Waals surface area contributed by atoms with Crippen molar-refractivity contribution in [3.05, 3.63) is 92.7 Å². The van der Waals surface area contributed by atoms with Gasteiger partial charge in [-0.1, -0.05) is 30.4 Å². The Bertz CT molecular complexity index is 2540. The standard InChI is InChI=1S/C47H54N6O8S/c1-9-12-59-46(56)49-18-28-16-30-29-13-23(2)10-11-31(29)50-45(30)47(6,51-28)20-62-44-35-25(4)26(5)42-43(61-22-60-42)37(35)34(19-58-21-54)53-33(17-48)32-15-27-14-24(3)41(57-8)40(55)36(27)38(39(44)53)52(32)7/h9-11,13-14,21,28,32-34,38-39,44,50-51,55H,1,12,15-16,18-20,22H2,2-8H3,(H,49,56)/t28-,32-,33-,34-,38+,39+,44+,47+/m0/s1. The molecule has 6 heterocycles. The molecule has 0 radical (unpaired) electrons. The molecule has 2 bridgehead atoms. The summed E-state index contributed by atoms with van der Waals surface area (Å²) in [5.41, 5.74) is 10.3. The molecule has 326 valence electrons. The topological polar surface area (TPSA) is 171 Å². The van der Waals surface area contributed by atoms with E-state index in [4.69, 9.17) is 23.7 Å². The largest absolute Gasteiger partial charge is 0.504 e. The number of carbonyl (C=O) groups is 2. The smallest absolute Gasteiger partial charge is 0.407 e. The number of thioether (sulfide) groups is 1. The summed E-state index contributed by atoms with van der Waals surface area (Å²) < 4.78 is 29.2. The highest BCUT2D eigenvalue weighted by Crippen LogP contribution is 2.63. The van der Waals surface area contributed by atoms with E-state index in [1.54, 1.807) is 24.9 Å². The number of aryl methyl sites for hydroxylation is 2. The van der Waals surface area contributed by atoms with Gasteiger partial charge in [0.25, 0.3) is 6.47 Å². The fourth-order valence-electron chi connectivity index (χ4n) is 11.3. The van der Waals surface area contributed by atoms with Crippen molar-refractivity contribution in [3.63, 3.8) is 0 Å². The van der Waals surface area contributed by atoms with Gasteiger partial charge in [-0.3, -0.25) is 14.6 Å². The second kappa shape index (κ2) is 16.1. The lowest BCUT2D eigenvalue weighted by Crippen LogP contribution is -2.69. The van der Waals surface area contributed by atoms with Gasteiger partial charge in [0.2, 0.25) is 6.79 Å². The van der Waals surface area contributed by atoms with Crippen LogP contribution in [0.25, 0.3) is 10.9 Å². The number of nitrogens with one attached hydrogen (secondary N) is 3. The zero-order chi connectivity index (χ0) is 43.8. The Morgan fingerprint density at radius 1 is 1.15 bits per heavy atom. The van der Waals surface area contributed by atoms with Crippen molar-refractivity contribution in [1.82, 2.24) is 25.4 Å². The second-order valence-electron chi connectivity index (χ2n) is 17.5. The van der Waals surface area contributed by atoms with Crippen LogP contribution in [-0.4, -0.2) is 103 Å². The third kappa shape index (κ3) is 6.48. The average molecular weight is 863 g/mol. The summed E-state index contributed by atoms with van der Waals surface area (Å²) in [6, 6.07) is 8.89. The minimum absolute atomic E-state index is 0.0128. The van der Waals surface area contributed by atoms with Crippen molar-refractivity contribution in [1.29, 1.82) is 5.26 Å². The van der Waals surface area contributed by atoms with E-state index < -0.39 is 35.8 Å². The van der Waals surface area contributed by atoms with Crippen LogP contribution in [0, 0.1) is 39.0 Å². The zero-order valence-corrected chi connectivity index (χ0v) is 37.0. The first-order chi connectivity index (χ1) is 29.8. The lowest BCUT2D eigenvalue weighted by Gasteiger charge is -2.62. The van der Waals surface area contributed by atoms with Gasteiger partial charge in [0.15, 0.2) is 23.0 Å². The van der Waals surface area contributed by atoms with Crippen LogP contribution < -0.4 is 24.8 Å². The molecule has 0 unspecified atom stereocenters. The number of methoxy groups -OCH3 is 1. The van der Waals surface area contributed by atoms with Crippen LogP contribution in [-0.2, 0) is 32.6 Å². The zero-order valence-electron chi connectivity index (χ0n) is 36.2. The van der Waals surface area contributed by atoms with Gasteiger partial charge >= 0.3 is 6.09 Å². The van der Waals surface area contributed by atoms with Crippen LogP contribution in [0.2, 0.25) is 0 Å². The van der Waals surface area contributed by atoms with E-state index in [0.29, 0.717) is 48.9 Å². The van der Waals surface area contributed by atoms with Crippen molar-refractivity contribution < 1.29 is 38.4 Å². The molecule has 9 rings (SSSR count). The van der Waals surface area contributed by atoms with E-state index in [1.807, 2.05) is 13.8 Å².